The van der Waals surface area contributed by atoms with Gasteiger partial charge in [-0.15, -0.1) is 0 Å². The number of rotatable bonds is 3. The maximum Gasteiger partial charge on any atom is 0.170 e. The molecule has 4 nitrogen and oxygen atoms in total. The van der Waals surface area contributed by atoms with Crippen LogP contribution >= 0.6 is 11.8 Å². The Morgan fingerprint density at radius 1 is 1.56 bits per heavy atom. The molecule has 0 spiro atoms. The second-order valence-electron chi connectivity index (χ2n) is 4.54. The molecule has 0 amide bonds. The third-order valence-electron chi connectivity index (χ3n) is 3.28. The Hall–Kier alpha value is -1.20. The minimum atomic E-state index is 0.185. The molecule has 1 saturated heterocycles. The van der Waals surface area contributed by atoms with E-state index in [4.69, 9.17) is 10.9 Å². The van der Waals surface area contributed by atoms with Crippen molar-refractivity contribution in [3.05, 3.63) is 35.4 Å². The number of hydrogen-bond acceptors (Lipinski definition) is 4. The Balaban J connectivity index is 2.18. The molecule has 18 heavy (non-hydrogen) atoms. The van der Waals surface area contributed by atoms with Gasteiger partial charge in [0.05, 0.1) is 0 Å². The van der Waals surface area contributed by atoms with Gasteiger partial charge in [0.25, 0.3) is 0 Å². The van der Waals surface area contributed by atoms with Crippen molar-refractivity contribution in [2.24, 2.45) is 10.9 Å². The van der Waals surface area contributed by atoms with E-state index in [0.717, 1.165) is 24.2 Å². The van der Waals surface area contributed by atoms with Crippen molar-refractivity contribution in [1.29, 1.82) is 0 Å². The van der Waals surface area contributed by atoms with Crippen molar-refractivity contribution in [2.75, 3.05) is 18.1 Å². The number of amidine groups is 1. The first-order valence-electron chi connectivity index (χ1n) is 6.10. The summed E-state index contributed by atoms with van der Waals surface area (Å²) in [5, 5.41) is 11.9. The molecule has 0 aromatic heterocycles. The Bertz CT molecular complexity index is 436. The normalized spacial score (nSPS) is 22.1. The zero-order valence-corrected chi connectivity index (χ0v) is 11.4. The molecule has 5 heteroatoms. The van der Waals surface area contributed by atoms with Crippen molar-refractivity contribution in [3.63, 3.8) is 0 Å². The number of nitrogens with zero attached hydrogens (tertiary/aromatic N) is 2. The fourth-order valence-corrected chi connectivity index (χ4v) is 3.26. The third-order valence-corrected chi connectivity index (χ3v) is 4.47. The summed E-state index contributed by atoms with van der Waals surface area (Å²) in [5.74, 6) is 2.53. The number of hydrogen-bond donors (Lipinski definition) is 2. The number of nitrogens with two attached hydrogens (primary N) is 1. The molecule has 98 valence electrons. The molecule has 0 saturated carbocycles. The number of oxime groups is 1. The molecule has 1 aromatic rings. The topological polar surface area (TPSA) is 61.8 Å². The van der Waals surface area contributed by atoms with Crippen molar-refractivity contribution >= 4 is 17.6 Å². The van der Waals surface area contributed by atoms with Crippen LogP contribution in [0.5, 0.6) is 0 Å². The Morgan fingerprint density at radius 2 is 2.33 bits per heavy atom. The maximum absolute atomic E-state index is 8.82. The Labute approximate surface area is 112 Å². The zero-order chi connectivity index (χ0) is 13.0. The molecule has 1 atom stereocenters. The average Bonchev–Trinajstić information content (AvgIpc) is 2.41. The molecular formula is C13H19N3OS. The van der Waals surface area contributed by atoms with Crippen LogP contribution in [0.1, 0.15) is 18.1 Å². The molecule has 2 rings (SSSR count). The van der Waals surface area contributed by atoms with Crippen LogP contribution in [-0.2, 0) is 6.54 Å². The summed E-state index contributed by atoms with van der Waals surface area (Å²) in [6.07, 6.45) is 0. The highest BCUT2D eigenvalue weighted by atomic mass is 32.2. The molecule has 0 radical (unpaired) electrons. The summed E-state index contributed by atoms with van der Waals surface area (Å²) < 4.78 is 0. The average molecular weight is 265 g/mol. The summed E-state index contributed by atoms with van der Waals surface area (Å²) >= 11 is 2.00. The van der Waals surface area contributed by atoms with Crippen LogP contribution in [0.4, 0.5) is 0 Å². The molecular weight excluding hydrogens is 246 g/mol. The summed E-state index contributed by atoms with van der Waals surface area (Å²) in [6.45, 7) is 4.20. The molecule has 1 unspecified atom stereocenters. The highest BCUT2D eigenvalue weighted by Gasteiger charge is 2.19. The van der Waals surface area contributed by atoms with Gasteiger partial charge in [-0.1, -0.05) is 29.4 Å². The van der Waals surface area contributed by atoms with Gasteiger partial charge < -0.3 is 10.9 Å². The summed E-state index contributed by atoms with van der Waals surface area (Å²) in [5.41, 5.74) is 7.65. The Morgan fingerprint density at radius 3 is 3.06 bits per heavy atom. The van der Waals surface area contributed by atoms with Gasteiger partial charge in [-0.3, -0.25) is 4.90 Å². The van der Waals surface area contributed by atoms with Crippen LogP contribution in [0, 0.1) is 0 Å². The van der Waals surface area contributed by atoms with E-state index in [-0.39, 0.29) is 5.84 Å². The van der Waals surface area contributed by atoms with Gasteiger partial charge in [0.15, 0.2) is 5.84 Å². The monoisotopic (exact) mass is 265 g/mol. The lowest BCUT2D eigenvalue weighted by molar-refractivity contribution is 0.224. The van der Waals surface area contributed by atoms with Gasteiger partial charge >= 0.3 is 0 Å². The van der Waals surface area contributed by atoms with E-state index < -0.39 is 0 Å². The van der Waals surface area contributed by atoms with Crippen molar-refractivity contribution < 1.29 is 5.21 Å². The molecule has 1 heterocycles. The molecule has 1 aliphatic rings. The smallest absolute Gasteiger partial charge is 0.170 e. The third kappa shape index (κ3) is 2.97. The van der Waals surface area contributed by atoms with Gasteiger partial charge in [-0.25, -0.2) is 0 Å². The SMILES string of the molecule is CC1CSCCN1Cc1ccccc1C(N)=NO. The van der Waals surface area contributed by atoms with Crippen LogP contribution < -0.4 is 5.73 Å². The standard InChI is InChI=1S/C13H19N3OS/c1-10-9-18-7-6-16(10)8-11-4-2-3-5-12(11)13(14)15-17/h2-5,10,17H,6-9H2,1H3,(H2,14,15). The predicted octanol–water partition coefficient (Wildman–Crippen LogP) is 1.72. The van der Waals surface area contributed by atoms with Gasteiger partial charge in [0, 0.05) is 36.2 Å². The Kier molecular flexibility index (Phi) is 4.49. The van der Waals surface area contributed by atoms with Crippen LogP contribution in [0.25, 0.3) is 0 Å². The maximum atomic E-state index is 8.82. The van der Waals surface area contributed by atoms with Crippen molar-refractivity contribution in [3.8, 4) is 0 Å². The molecule has 1 aromatic carbocycles. The van der Waals surface area contributed by atoms with Crippen molar-refractivity contribution in [1.82, 2.24) is 4.90 Å². The van der Waals surface area contributed by atoms with E-state index in [1.807, 2.05) is 36.0 Å². The second-order valence-corrected chi connectivity index (χ2v) is 5.69. The minimum Gasteiger partial charge on any atom is -0.409 e. The second kappa shape index (κ2) is 6.11. The predicted molar refractivity (Wildman–Crippen MR) is 76.1 cm³/mol. The van der Waals surface area contributed by atoms with Gasteiger partial charge in [-0.2, -0.15) is 11.8 Å². The summed E-state index contributed by atoms with van der Waals surface area (Å²) in [4.78, 5) is 2.44. The minimum absolute atomic E-state index is 0.185. The lowest BCUT2D eigenvalue weighted by atomic mass is 10.1. The molecule has 3 N–H and O–H groups in total. The fraction of sp³-hybridized carbons (Fsp3) is 0.462. The lowest BCUT2D eigenvalue weighted by Gasteiger charge is -2.33. The van der Waals surface area contributed by atoms with E-state index in [1.165, 1.54) is 11.5 Å². The van der Waals surface area contributed by atoms with E-state index in [2.05, 4.69) is 17.0 Å². The van der Waals surface area contributed by atoms with Gasteiger partial charge in [0.1, 0.15) is 0 Å². The van der Waals surface area contributed by atoms with E-state index in [9.17, 15) is 0 Å². The fourth-order valence-electron chi connectivity index (χ4n) is 2.18. The first-order chi connectivity index (χ1) is 8.72. The van der Waals surface area contributed by atoms with Crippen LogP contribution in [0.2, 0.25) is 0 Å². The molecule has 0 bridgehead atoms. The zero-order valence-electron chi connectivity index (χ0n) is 10.5. The largest absolute Gasteiger partial charge is 0.409 e. The first-order valence-corrected chi connectivity index (χ1v) is 7.25. The van der Waals surface area contributed by atoms with Crippen LogP contribution in [0.15, 0.2) is 29.4 Å². The van der Waals surface area contributed by atoms with Crippen LogP contribution in [0.3, 0.4) is 0 Å². The quantitative estimate of drug-likeness (QED) is 0.378. The number of benzene rings is 1. The highest BCUT2D eigenvalue weighted by Crippen LogP contribution is 2.20. The summed E-state index contributed by atoms with van der Waals surface area (Å²) in [6, 6.07) is 8.42. The van der Waals surface area contributed by atoms with E-state index in [1.54, 1.807) is 0 Å². The van der Waals surface area contributed by atoms with E-state index in [0.29, 0.717) is 6.04 Å². The van der Waals surface area contributed by atoms with Gasteiger partial charge in [-0.05, 0) is 12.5 Å². The van der Waals surface area contributed by atoms with E-state index >= 15 is 0 Å². The number of thioether (sulfide) groups is 1. The molecule has 1 aliphatic heterocycles. The summed E-state index contributed by atoms with van der Waals surface area (Å²) in [7, 11) is 0. The highest BCUT2D eigenvalue weighted by molar-refractivity contribution is 7.99. The first kappa shape index (κ1) is 13.2. The van der Waals surface area contributed by atoms with Gasteiger partial charge in [0.2, 0.25) is 0 Å². The van der Waals surface area contributed by atoms with Crippen LogP contribution in [-0.4, -0.2) is 40.0 Å². The van der Waals surface area contributed by atoms with Crippen molar-refractivity contribution in [2.45, 2.75) is 19.5 Å². The molecule has 1 fully saturated rings. The molecule has 0 aliphatic carbocycles. The lowest BCUT2D eigenvalue weighted by Crippen LogP contribution is -2.40.